The Balaban J connectivity index is 2.14. The zero-order chi connectivity index (χ0) is 25.1. The van der Waals surface area contributed by atoms with Crippen molar-refractivity contribution in [2.75, 3.05) is 0 Å². The first kappa shape index (κ1) is 27.1. The number of carbonyl (C=O) groups excluding carboxylic acids is 3. The highest BCUT2D eigenvalue weighted by atomic mass is 16.6. The molecule has 0 saturated heterocycles. The number of hydrogen-bond donors (Lipinski definition) is 1. The molecule has 1 N–H and O–H groups in total. The van der Waals surface area contributed by atoms with E-state index in [0.717, 1.165) is 11.1 Å². The van der Waals surface area contributed by atoms with E-state index < -0.39 is 29.6 Å². The lowest BCUT2D eigenvalue weighted by Crippen LogP contribution is -2.45. The van der Waals surface area contributed by atoms with Crippen molar-refractivity contribution in [3.63, 3.8) is 0 Å². The van der Waals surface area contributed by atoms with Gasteiger partial charge in [-0.05, 0) is 50.7 Å². The van der Waals surface area contributed by atoms with E-state index in [1.165, 1.54) is 0 Å². The second-order valence-corrected chi connectivity index (χ2v) is 9.98. The maximum absolute atomic E-state index is 13.3. The molecule has 1 amide bonds. The standard InChI is InChI=1S/C28H37NO5/c1-20(2)16-24(29-27(32)34-28(3,4)5)25(30)18-23(17-21-12-8-6-9-13-21)26(31)33-19-22-14-10-7-11-15-22/h6-15,20,23-24H,16-19H2,1-5H3,(H,29,32)/t23-,24+/m1/s1. The first-order valence-electron chi connectivity index (χ1n) is 11.8. The van der Waals surface area contributed by atoms with E-state index in [4.69, 9.17) is 9.47 Å². The number of ketones is 1. The smallest absolute Gasteiger partial charge is 0.408 e. The fourth-order valence-corrected chi connectivity index (χ4v) is 3.56. The van der Waals surface area contributed by atoms with E-state index in [1.54, 1.807) is 20.8 Å². The fraction of sp³-hybridized carbons (Fsp3) is 0.464. The lowest BCUT2D eigenvalue weighted by molar-refractivity contribution is -0.151. The highest BCUT2D eigenvalue weighted by Crippen LogP contribution is 2.19. The Hall–Kier alpha value is -3.15. The molecular formula is C28H37NO5. The number of esters is 1. The van der Waals surface area contributed by atoms with Gasteiger partial charge in [0.2, 0.25) is 0 Å². The summed E-state index contributed by atoms with van der Waals surface area (Å²) in [6.45, 7) is 9.41. The van der Waals surface area contributed by atoms with Crippen molar-refractivity contribution in [3.05, 3.63) is 71.8 Å². The molecular weight excluding hydrogens is 430 g/mol. The van der Waals surface area contributed by atoms with Crippen LogP contribution in [0.2, 0.25) is 0 Å². The van der Waals surface area contributed by atoms with Crippen molar-refractivity contribution >= 4 is 17.8 Å². The maximum atomic E-state index is 13.3. The Kier molecular flexibility index (Phi) is 10.3. The molecule has 0 radical (unpaired) electrons. The molecule has 0 fully saturated rings. The topological polar surface area (TPSA) is 81.7 Å². The Morgan fingerprint density at radius 3 is 1.97 bits per heavy atom. The lowest BCUT2D eigenvalue weighted by Gasteiger charge is -2.25. The summed E-state index contributed by atoms with van der Waals surface area (Å²) >= 11 is 0. The molecule has 6 nitrogen and oxygen atoms in total. The zero-order valence-electron chi connectivity index (χ0n) is 20.9. The molecule has 184 valence electrons. The lowest BCUT2D eigenvalue weighted by atomic mass is 9.90. The Bertz CT molecular complexity index is 919. The van der Waals surface area contributed by atoms with Crippen molar-refractivity contribution in [2.45, 2.75) is 72.1 Å². The van der Waals surface area contributed by atoms with E-state index >= 15 is 0 Å². The molecule has 0 aliphatic heterocycles. The third kappa shape index (κ3) is 10.2. The summed E-state index contributed by atoms with van der Waals surface area (Å²) in [6.07, 6.45) is 0.157. The van der Waals surface area contributed by atoms with E-state index in [0.29, 0.717) is 12.8 Å². The number of ether oxygens (including phenoxy) is 2. The minimum Gasteiger partial charge on any atom is -0.461 e. The summed E-state index contributed by atoms with van der Waals surface area (Å²) in [5, 5.41) is 2.71. The number of carbonyl (C=O) groups is 3. The van der Waals surface area contributed by atoms with E-state index in [2.05, 4.69) is 5.32 Å². The van der Waals surface area contributed by atoms with Crippen molar-refractivity contribution < 1.29 is 23.9 Å². The number of amides is 1. The van der Waals surface area contributed by atoms with Crippen LogP contribution in [0.5, 0.6) is 0 Å². The van der Waals surface area contributed by atoms with E-state index in [1.807, 2.05) is 74.5 Å². The van der Waals surface area contributed by atoms with Gasteiger partial charge in [-0.2, -0.15) is 0 Å². The van der Waals surface area contributed by atoms with Crippen LogP contribution < -0.4 is 5.32 Å². The van der Waals surface area contributed by atoms with Gasteiger partial charge >= 0.3 is 12.1 Å². The average Bonchev–Trinajstić information content (AvgIpc) is 2.76. The van der Waals surface area contributed by atoms with Crippen LogP contribution in [0.3, 0.4) is 0 Å². The molecule has 0 aromatic heterocycles. The second kappa shape index (κ2) is 12.9. The van der Waals surface area contributed by atoms with Gasteiger partial charge < -0.3 is 14.8 Å². The number of alkyl carbamates (subject to hydrolysis) is 1. The predicted octanol–water partition coefficient (Wildman–Crippen LogP) is 5.49. The second-order valence-electron chi connectivity index (χ2n) is 9.98. The van der Waals surface area contributed by atoms with Gasteiger partial charge in [0.05, 0.1) is 12.0 Å². The minimum atomic E-state index is -0.741. The van der Waals surface area contributed by atoms with Crippen molar-refractivity contribution in [2.24, 2.45) is 11.8 Å². The molecule has 0 aliphatic carbocycles. The van der Waals surface area contributed by atoms with Crippen LogP contribution in [0.25, 0.3) is 0 Å². The number of hydrogen-bond acceptors (Lipinski definition) is 5. The van der Waals surface area contributed by atoms with Crippen LogP contribution >= 0.6 is 0 Å². The molecule has 0 heterocycles. The predicted molar refractivity (Wildman–Crippen MR) is 132 cm³/mol. The normalized spacial score (nSPS) is 13.1. The van der Waals surface area contributed by atoms with Gasteiger partial charge in [0.1, 0.15) is 12.2 Å². The molecule has 2 aromatic carbocycles. The molecule has 0 bridgehead atoms. The summed E-state index contributed by atoms with van der Waals surface area (Å²) in [5.41, 5.74) is 1.15. The Labute approximate surface area is 203 Å². The Morgan fingerprint density at radius 2 is 1.44 bits per heavy atom. The first-order chi connectivity index (χ1) is 16.0. The van der Waals surface area contributed by atoms with Crippen molar-refractivity contribution in [1.82, 2.24) is 5.32 Å². The maximum Gasteiger partial charge on any atom is 0.408 e. The van der Waals surface area contributed by atoms with Crippen molar-refractivity contribution in [3.8, 4) is 0 Å². The van der Waals surface area contributed by atoms with E-state index in [-0.39, 0.29) is 24.7 Å². The summed E-state index contributed by atoms with van der Waals surface area (Å²) in [6, 6.07) is 18.2. The minimum absolute atomic E-state index is 0.0320. The molecule has 2 rings (SSSR count). The first-order valence-corrected chi connectivity index (χ1v) is 11.8. The Morgan fingerprint density at radius 1 is 0.882 bits per heavy atom. The van der Waals surface area contributed by atoms with Crippen molar-refractivity contribution in [1.29, 1.82) is 0 Å². The number of benzene rings is 2. The number of rotatable bonds is 11. The zero-order valence-corrected chi connectivity index (χ0v) is 20.9. The third-order valence-corrected chi connectivity index (χ3v) is 5.12. The highest BCUT2D eigenvalue weighted by Gasteiger charge is 2.30. The summed E-state index contributed by atoms with van der Waals surface area (Å²) in [4.78, 5) is 38.7. The quantitative estimate of drug-likeness (QED) is 0.442. The molecule has 2 atom stereocenters. The molecule has 34 heavy (non-hydrogen) atoms. The number of Topliss-reactive ketones (excluding diaryl/α,β-unsaturated/α-hetero) is 1. The van der Waals surface area contributed by atoms with Crippen LogP contribution in [-0.4, -0.2) is 29.5 Å². The molecule has 0 spiro atoms. The summed E-state index contributed by atoms with van der Waals surface area (Å²) in [7, 11) is 0. The summed E-state index contributed by atoms with van der Waals surface area (Å²) in [5.74, 6) is -1.13. The number of nitrogens with one attached hydrogen (secondary N) is 1. The third-order valence-electron chi connectivity index (χ3n) is 5.12. The van der Waals surface area contributed by atoms with Crippen LogP contribution in [0.15, 0.2) is 60.7 Å². The van der Waals surface area contributed by atoms with Crippen LogP contribution in [-0.2, 0) is 32.1 Å². The van der Waals surface area contributed by atoms with E-state index in [9.17, 15) is 14.4 Å². The SMILES string of the molecule is CC(C)C[C@H](NC(=O)OC(C)(C)C)C(=O)C[C@@H](Cc1ccccc1)C(=O)OCc1ccccc1. The molecule has 0 unspecified atom stereocenters. The molecule has 0 aliphatic rings. The van der Waals surface area contributed by atoms with Gasteiger partial charge in [-0.1, -0.05) is 74.5 Å². The highest BCUT2D eigenvalue weighted by molar-refractivity contribution is 5.90. The van der Waals surface area contributed by atoms with Gasteiger partial charge in [-0.3, -0.25) is 9.59 Å². The van der Waals surface area contributed by atoms with Gasteiger partial charge in [0, 0.05) is 6.42 Å². The van der Waals surface area contributed by atoms with Gasteiger partial charge in [-0.25, -0.2) is 4.79 Å². The molecule has 0 saturated carbocycles. The fourth-order valence-electron chi connectivity index (χ4n) is 3.56. The van der Waals surface area contributed by atoms with Gasteiger partial charge in [-0.15, -0.1) is 0 Å². The average molecular weight is 468 g/mol. The largest absolute Gasteiger partial charge is 0.461 e. The van der Waals surface area contributed by atoms with Crippen LogP contribution in [0.4, 0.5) is 4.79 Å². The molecule has 2 aromatic rings. The summed E-state index contributed by atoms with van der Waals surface area (Å²) < 4.78 is 10.9. The van der Waals surface area contributed by atoms with Crippen LogP contribution in [0.1, 0.15) is 58.6 Å². The molecule has 6 heteroatoms. The van der Waals surface area contributed by atoms with Gasteiger partial charge in [0.15, 0.2) is 5.78 Å². The monoisotopic (exact) mass is 467 g/mol. The van der Waals surface area contributed by atoms with Crippen LogP contribution in [0, 0.1) is 11.8 Å². The van der Waals surface area contributed by atoms with Gasteiger partial charge in [0.25, 0.3) is 0 Å².